The van der Waals surface area contributed by atoms with Crippen LogP contribution in [-0.4, -0.2) is 14.3 Å². The fourth-order valence-electron chi connectivity index (χ4n) is 1.57. The SMILES string of the molecule is Cc1cn(C)c(=O)c2c1cnn2C. The van der Waals surface area contributed by atoms with Crippen LogP contribution in [0.15, 0.2) is 17.2 Å². The molecule has 0 fully saturated rings. The van der Waals surface area contributed by atoms with Crippen LogP contribution in [0.3, 0.4) is 0 Å². The van der Waals surface area contributed by atoms with Gasteiger partial charge in [0.2, 0.25) is 0 Å². The highest BCUT2D eigenvalue weighted by molar-refractivity contribution is 5.80. The maximum atomic E-state index is 11.7. The number of fused-ring (bicyclic) bond motifs is 1. The van der Waals surface area contributed by atoms with Gasteiger partial charge in [0, 0.05) is 25.7 Å². The van der Waals surface area contributed by atoms with Crippen LogP contribution in [0.1, 0.15) is 5.56 Å². The topological polar surface area (TPSA) is 39.8 Å². The second kappa shape index (κ2) is 2.45. The molecule has 0 saturated carbocycles. The molecule has 4 nitrogen and oxygen atoms in total. The minimum absolute atomic E-state index is 0.000556. The van der Waals surface area contributed by atoms with Gasteiger partial charge in [-0.2, -0.15) is 5.10 Å². The Morgan fingerprint density at radius 2 is 2.08 bits per heavy atom. The van der Waals surface area contributed by atoms with E-state index in [1.165, 1.54) is 0 Å². The van der Waals surface area contributed by atoms with Crippen molar-refractivity contribution in [3.63, 3.8) is 0 Å². The first-order chi connectivity index (χ1) is 6.11. The largest absolute Gasteiger partial charge is 0.316 e. The normalized spacial score (nSPS) is 11.0. The van der Waals surface area contributed by atoms with Crippen molar-refractivity contribution in [2.45, 2.75) is 6.92 Å². The molecule has 0 atom stereocenters. The Morgan fingerprint density at radius 3 is 2.77 bits per heavy atom. The molecular weight excluding hydrogens is 166 g/mol. The van der Waals surface area contributed by atoms with Crippen LogP contribution in [0.5, 0.6) is 0 Å². The van der Waals surface area contributed by atoms with Gasteiger partial charge in [-0.15, -0.1) is 0 Å². The van der Waals surface area contributed by atoms with E-state index in [9.17, 15) is 4.79 Å². The minimum Gasteiger partial charge on any atom is -0.316 e. The summed E-state index contributed by atoms with van der Waals surface area (Å²) in [7, 11) is 3.53. The lowest BCUT2D eigenvalue weighted by Gasteiger charge is -2.01. The highest BCUT2D eigenvalue weighted by Gasteiger charge is 2.07. The van der Waals surface area contributed by atoms with E-state index in [-0.39, 0.29) is 5.56 Å². The van der Waals surface area contributed by atoms with E-state index in [0.29, 0.717) is 5.52 Å². The second-order valence-electron chi connectivity index (χ2n) is 3.26. The monoisotopic (exact) mass is 177 g/mol. The predicted octanol–water partition coefficient (Wildman–Crippen LogP) is 0.580. The summed E-state index contributed by atoms with van der Waals surface area (Å²) in [4.78, 5) is 11.7. The lowest BCUT2D eigenvalue weighted by Crippen LogP contribution is -2.18. The summed E-state index contributed by atoms with van der Waals surface area (Å²) in [5.41, 5.74) is 1.74. The fraction of sp³-hybridized carbons (Fsp3) is 0.333. The molecule has 0 radical (unpaired) electrons. The Balaban J connectivity index is 3.10. The van der Waals surface area contributed by atoms with Crippen molar-refractivity contribution in [3.05, 3.63) is 28.3 Å². The number of rotatable bonds is 0. The lowest BCUT2D eigenvalue weighted by molar-refractivity contribution is 0.777. The van der Waals surface area contributed by atoms with Crippen molar-refractivity contribution in [2.75, 3.05) is 0 Å². The standard InChI is InChI=1S/C9H11N3O/c1-6-5-11(2)9(13)8-7(6)4-10-12(8)3/h4-5H,1-3H3. The predicted molar refractivity (Wildman–Crippen MR) is 50.7 cm³/mol. The van der Waals surface area contributed by atoms with Crippen LogP contribution in [0.2, 0.25) is 0 Å². The van der Waals surface area contributed by atoms with Gasteiger partial charge in [-0.3, -0.25) is 9.48 Å². The van der Waals surface area contributed by atoms with Crippen LogP contribution in [0, 0.1) is 6.92 Å². The fourth-order valence-corrected chi connectivity index (χ4v) is 1.57. The van der Waals surface area contributed by atoms with E-state index in [1.807, 2.05) is 13.1 Å². The smallest absolute Gasteiger partial charge is 0.276 e. The first kappa shape index (κ1) is 8.04. The number of aryl methyl sites for hydroxylation is 3. The van der Waals surface area contributed by atoms with Crippen molar-refractivity contribution >= 4 is 10.9 Å². The van der Waals surface area contributed by atoms with Gasteiger partial charge >= 0.3 is 0 Å². The Morgan fingerprint density at radius 1 is 1.38 bits per heavy atom. The molecule has 0 aromatic carbocycles. The van der Waals surface area contributed by atoms with Gasteiger partial charge in [-0.25, -0.2) is 0 Å². The molecule has 2 aromatic heterocycles. The molecule has 0 saturated heterocycles. The van der Waals surface area contributed by atoms with Gasteiger partial charge in [-0.05, 0) is 12.5 Å². The Hall–Kier alpha value is -1.58. The molecule has 68 valence electrons. The molecule has 2 rings (SSSR count). The Kier molecular flexibility index (Phi) is 1.52. The average Bonchev–Trinajstić information content (AvgIpc) is 2.44. The van der Waals surface area contributed by atoms with Crippen LogP contribution >= 0.6 is 0 Å². The van der Waals surface area contributed by atoms with E-state index < -0.39 is 0 Å². The molecule has 0 aliphatic heterocycles. The molecule has 0 unspecified atom stereocenters. The quantitative estimate of drug-likeness (QED) is 0.590. The van der Waals surface area contributed by atoms with Gasteiger partial charge < -0.3 is 4.57 Å². The van der Waals surface area contributed by atoms with Crippen molar-refractivity contribution in [1.29, 1.82) is 0 Å². The van der Waals surface area contributed by atoms with Gasteiger partial charge in [0.25, 0.3) is 5.56 Å². The first-order valence-electron chi connectivity index (χ1n) is 4.09. The number of aromatic nitrogens is 3. The van der Waals surface area contributed by atoms with E-state index in [2.05, 4.69) is 5.10 Å². The average molecular weight is 177 g/mol. The molecule has 0 aliphatic rings. The van der Waals surface area contributed by atoms with E-state index in [0.717, 1.165) is 10.9 Å². The maximum absolute atomic E-state index is 11.7. The molecule has 4 heteroatoms. The molecule has 0 amide bonds. The van der Waals surface area contributed by atoms with Gasteiger partial charge in [0.15, 0.2) is 0 Å². The van der Waals surface area contributed by atoms with Crippen molar-refractivity contribution in [1.82, 2.24) is 14.3 Å². The number of hydrogen-bond acceptors (Lipinski definition) is 2. The molecule has 0 bridgehead atoms. The zero-order valence-electron chi connectivity index (χ0n) is 7.90. The summed E-state index contributed by atoms with van der Waals surface area (Å²) in [5, 5.41) is 5.00. The number of nitrogens with zero attached hydrogens (tertiary/aromatic N) is 3. The summed E-state index contributed by atoms with van der Waals surface area (Å²) in [6.07, 6.45) is 3.55. The van der Waals surface area contributed by atoms with Crippen molar-refractivity contribution in [3.8, 4) is 0 Å². The maximum Gasteiger partial charge on any atom is 0.276 e. The summed E-state index contributed by atoms with van der Waals surface area (Å²) < 4.78 is 3.20. The molecule has 0 N–H and O–H groups in total. The lowest BCUT2D eigenvalue weighted by atomic mass is 10.2. The third-order valence-electron chi connectivity index (χ3n) is 2.27. The van der Waals surface area contributed by atoms with Crippen LogP contribution in [0.25, 0.3) is 10.9 Å². The molecule has 0 aliphatic carbocycles. The molecule has 2 heterocycles. The Bertz CT molecular complexity index is 521. The highest BCUT2D eigenvalue weighted by atomic mass is 16.1. The van der Waals surface area contributed by atoms with Crippen LogP contribution in [-0.2, 0) is 14.1 Å². The van der Waals surface area contributed by atoms with Crippen molar-refractivity contribution < 1.29 is 0 Å². The third kappa shape index (κ3) is 0.983. The second-order valence-corrected chi connectivity index (χ2v) is 3.26. The van der Waals surface area contributed by atoms with Crippen LogP contribution in [0.4, 0.5) is 0 Å². The summed E-state index contributed by atoms with van der Waals surface area (Å²) in [5.74, 6) is 0. The van der Waals surface area contributed by atoms with Gasteiger partial charge in [0.05, 0.1) is 6.20 Å². The number of hydrogen-bond donors (Lipinski definition) is 0. The van der Waals surface area contributed by atoms with E-state index >= 15 is 0 Å². The third-order valence-corrected chi connectivity index (χ3v) is 2.27. The zero-order chi connectivity index (χ0) is 9.59. The summed E-state index contributed by atoms with van der Waals surface area (Å²) in [6.45, 7) is 1.98. The van der Waals surface area contributed by atoms with E-state index in [4.69, 9.17) is 0 Å². The summed E-state index contributed by atoms with van der Waals surface area (Å²) >= 11 is 0. The molecule has 2 aromatic rings. The molecule has 13 heavy (non-hydrogen) atoms. The van der Waals surface area contributed by atoms with Gasteiger partial charge in [0.1, 0.15) is 5.52 Å². The highest BCUT2D eigenvalue weighted by Crippen LogP contribution is 2.12. The molecule has 0 spiro atoms. The van der Waals surface area contributed by atoms with E-state index in [1.54, 1.807) is 29.5 Å². The Labute approximate surface area is 75.4 Å². The first-order valence-corrected chi connectivity index (χ1v) is 4.09. The minimum atomic E-state index is 0.000556. The van der Waals surface area contributed by atoms with Crippen LogP contribution < -0.4 is 5.56 Å². The van der Waals surface area contributed by atoms with Gasteiger partial charge in [-0.1, -0.05) is 0 Å². The summed E-state index contributed by atoms with van der Waals surface area (Å²) in [6, 6.07) is 0. The zero-order valence-corrected chi connectivity index (χ0v) is 7.90. The molecular formula is C9H11N3O. The number of pyridine rings is 1. The van der Waals surface area contributed by atoms with Crippen molar-refractivity contribution in [2.24, 2.45) is 14.1 Å².